The monoisotopic (exact) mass is 811 g/mol. The molecule has 57 heavy (non-hydrogen) atoms. The average molecular weight is 812 g/mol. The van der Waals surface area contributed by atoms with Gasteiger partial charge in [-0.25, -0.2) is 19.2 Å². The highest BCUT2D eigenvalue weighted by atomic mass is 32.1. The molecule has 0 amide bonds. The van der Waals surface area contributed by atoms with Crippen molar-refractivity contribution in [1.82, 2.24) is 14.9 Å². The molecule has 3 fully saturated rings. The number of hydrogen-bond donors (Lipinski definition) is 1. The first-order valence-electron chi connectivity index (χ1n) is 19.7. The highest BCUT2D eigenvalue weighted by Gasteiger charge is 2.58. The summed E-state index contributed by atoms with van der Waals surface area (Å²) in [7, 11) is 3.67. The van der Waals surface area contributed by atoms with Gasteiger partial charge in [0.05, 0.1) is 34.2 Å². The number of ether oxygens (including phenoxy) is 5. The summed E-state index contributed by atoms with van der Waals surface area (Å²) in [4.78, 5) is 54.8. The Morgan fingerprint density at radius 2 is 1.77 bits per heavy atom. The first kappa shape index (κ1) is 44.7. The van der Waals surface area contributed by atoms with Crippen LogP contribution in [-0.4, -0.2) is 118 Å². The number of Topliss-reactive ketones (excluding diaryl/α,β-unsaturated/α-hetero) is 2. The third-order valence-electron chi connectivity index (χ3n) is 12.0. The molecule has 2 aromatic heterocycles. The van der Waals surface area contributed by atoms with Crippen LogP contribution in [0, 0.1) is 35.5 Å². The smallest absolute Gasteiger partial charge is 0.351 e. The van der Waals surface area contributed by atoms with Crippen molar-refractivity contribution < 1.29 is 47.6 Å². The van der Waals surface area contributed by atoms with Crippen molar-refractivity contribution in [3.63, 3.8) is 0 Å². The Morgan fingerprint density at radius 3 is 2.42 bits per heavy atom. The number of hydrogen-bond acceptors (Lipinski definition) is 13. The van der Waals surface area contributed by atoms with E-state index < -0.39 is 76.9 Å². The van der Waals surface area contributed by atoms with Gasteiger partial charge in [-0.05, 0) is 84.8 Å². The molecule has 5 rings (SSSR count). The molecule has 312 valence electrons. The number of nitrogens with zero attached hydrogens (tertiary/aromatic N) is 3. The lowest BCUT2D eigenvalue weighted by Gasteiger charge is -2.47. The van der Waals surface area contributed by atoms with Gasteiger partial charge < -0.3 is 33.7 Å². The van der Waals surface area contributed by atoms with Gasteiger partial charge in [0, 0.05) is 42.1 Å². The second kappa shape index (κ2) is 17.8. The molecular weight excluding hydrogens is 754 g/mol. The van der Waals surface area contributed by atoms with E-state index in [0.29, 0.717) is 17.8 Å². The largest absolute Gasteiger partial charge is 0.457 e. The maximum atomic E-state index is 16.9. The molecule has 5 heterocycles. The summed E-state index contributed by atoms with van der Waals surface area (Å²) >= 11 is 1.41. The molecule has 13 atom stereocenters. The summed E-state index contributed by atoms with van der Waals surface area (Å²) in [6.45, 7) is 17.1. The van der Waals surface area contributed by atoms with Crippen LogP contribution in [0.1, 0.15) is 79.5 Å². The first-order chi connectivity index (χ1) is 26.7. The number of aliphatic hydroxyl groups excluding tert-OH is 1. The van der Waals surface area contributed by atoms with Gasteiger partial charge in [-0.2, -0.15) is 0 Å². The summed E-state index contributed by atoms with van der Waals surface area (Å²) in [6, 6.07) is 5.10. The molecule has 1 N–H and O–H groups in total. The van der Waals surface area contributed by atoms with E-state index in [-0.39, 0.29) is 44.0 Å². The molecule has 3 aliphatic heterocycles. The molecule has 14 heteroatoms. The average Bonchev–Trinajstić information content (AvgIpc) is 3.77. The van der Waals surface area contributed by atoms with Gasteiger partial charge in [0.1, 0.15) is 30.2 Å². The van der Waals surface area contributed by atoms with Crippen molar-refractivity contribution in [2.24, 2.45) is 23.7 Å². The van der Waals surface area contributed by atoms with Gasteiger partial charge in [0.15, 0.2) is 17.9 Å². The standard InChI is InChI=1S/C43H58FN3O9S/c1-12-32-43(9)33(25(3)23-53-43)27(5)34(48)24(2)22-41(7,52-20-13-15-29-16-17-31(57-29)38-45-18-14-19-46-38)37(28(6)36(50)42(8,44)40(51)55-32)56-39-35(49)30(47(10)11)21-26(4)54-39/h14,16-19,24,26-28,30,32-33,35,37,39,49H,3,12,20-23H2,1-2,4-11H3/t24?,26-,27?,28+,30+,32-,33+,35-,37-,39+,41-,42?,43-/m1/s1. The number of fused-ring (bicyclic) bond motifs is 1. The number of aromatic nitrogens is 2. The quantitative estimate of drug-likeness (QED) is 0.161. The lowest BCUT2D eigenvalue weighted by Crippen LogP contribution is -2.61. The number of carbonyl (C=O) groups excluding carboxylic acids is 3. The number of alkyl halides is 1. The van der Waals surface area contributed by atoms with Crippen LogP contribution in [0.4, 0.5) is 4.39 Å². The van der Waals surface area contributed by atoms with E-state index >= 15 is 4.39 Å². The second-order valence-corrected chi connectivity index (χ2v) is 17.7. The van der Waals surface area contributed by atoms with Gasteiger partial charge in [0.25, 0.3) is 5.67 Å². The number of rotatable bonds is 7. The van der Waals surface area contributed by atoms with E-state index in [0.717, 1.165) is 16.7 Å². The Bertz CT molecular complexity index is 1840. The molecule has 0 aliphatic carbocycles. The van der Waals surface area contributed by atoms with Crippen molar-refractivity contribution in [3.8, 4) is 22.5 Å². The normalized spacial score (nSPS) is 38.3. The molecule has 3 aliphatic rings. The van der Waals surface area contributed by atoms with Crippen molar-refractivity contribution in [2.45, 2.75) is 128 Å². The van der Waals surface area contributed by atoms with Gasteiger partial charge >= 0.3 is 5.97 Å². The zero-order valence-corrected chi connectivity index (χ0v) is 35.6. The van der Waals surface area contributed by atoms with Crippen molar-refractivity contribution in [3.05, 3.63) is 47.6 Å². The molecule has 0 saturated carbocycles. The second-order valence-electron chi connectivity index (χ2n) is 16.6. The fourth-order valence-electron chi connectivity index (χ4n) is 8.93. The van der Waals surface area contributed by atoms with Crippen molar-refractivity contribution in [2.75, 3.05) is 27.3 Å². The van der Waals surface area contributed by atoms with E-state index in [9.17, 15) is 19.5 Å². The van der Waals surface area contributed by atoms with E-state index in [1.54, 1.807) is 53.1 Å². The predicted molar refractivity (Wildman–Crippen MR) is 213 cm³/mol. The molecule has 3 saturated heterocycles. The summed E-state index contributed by atoms with van der Waals surface area (Å²) in [5.74, 6) is 0.809. The lowest BCUT2D eigenvalue weighted by molar-refractivity contribution is -0.296. The van der Waals surface area contributed by atoms with Gasteiger partial charge in [-0.1, -0.05) is 46.1 Å². The highest BCUT2D eigenvalue weighted by molar-refractivity contribution is 7.15. The summed E-state index contributed by atoms with van der Waals surface area (Å²) in [5.41, 5.74) is -5.22. The molecule has 2 aromatic rings. The fraction of sp³-hybridized carbons (Fsp3) is 0.651. The summed E-state index contributed by atoms with van der Waals surface area (Å²) in [5, 5.41) is 11.6. The molecule has 0 aromatic carbocycles. The number of halogens is 1. The minimum Gasteiger partial charge on any atom is -0.457 e. The molecule has 0 spiro atoms. The van der Waals surface area contributed by atoms with Crippen LogP contribution in [0.3, 0.4) is 0 Å². The number of likely N-dealkylation sites (N-methyl/N-ethyl adjacent to an activating group) is 1. The van der Waals surface area contributed by atoms with Gasteiger partial charge in [-0.15, -0.1) is 11.3 Å². The maximum Gasteiger partial charge on any atom is 0.351 e. The van der Waals surface area contributed by atoms with E-state index in [1.807, 2.05) is 38.1 Å². The Kier molecular flexibility index (Phi) is 14.0. The third kappa shape index (κ3) is 9.25. The number of ketones is 2. The minimum absolute atomic E-state index is 0.00549. The fourth-order valence-corrected chi connectivity index (χ4v) is 9.76. The summed E-state index contributed by atoms with van der Waals surface area (Å²) in [6.07, 6.45) is -1.07. The Labute approximate surface area is 339 Å². The molecular formula is C43H58FN3O9S. The number of esters is 1. The molecule has 12 nitrogen and oxygen atoms in total. The minimum atomic E-state index is -3.13. The molecule has 3 unspecified atom stereocenters. The van der Waals surface area contributed by atoms with Crippen LogP contribution in [0.25, 0.3) is 10.7 Å². The van der Waals surface area contributed by atoms with E-state index in [4.69, 9.17) is 23.7 Å². The topological polar surface area (TPSA) is 147 Å². The Balaban J connectivity index is 1.58. The molecule has 0 bridgehead atoms. The van der Waals surface area contributed by atoms with Crippen LogP contribution < -0.4 is 0 Å². The number of cyclic esters (lactones) is 1. The number of thiophene rings is 1. The first-order valence-corrected chi connectivity index (χ1v) is 20.5. The van der Waals surface area contributed by atoms with E-state index in [1.165, 1.54) is 18.3 Å². The lowest BCUT2D eigenvalue weighted by atomic mass is 9.69. The predicted octanol–water partition coefficient (Wildman–Crippen LogP) is 5.60. The Hall–Kier alpha value is -3.42. The van der Waals surface area contributed by atoms with Crippen LogP contribution in [0.5, 0.6) is 0 Å². The third-order valence-corrected chi connectivity index (χ3v) is 13.0. The molecule has 0 radical (unpaired) electrons. The van der Waals surface area contributed by atoms with E-state index in [2.05, 4.69) is 28.4 Å². The van der Waals surface area contributed by atoms with Crippen molar-refractivity contribution in [1.29, 1.82) is 0 Å². The van der Waals surface area contributed by atoms with Crippen molar-refractivity contribution >= 4 is 28.9 Å². The van der Waals surface area contributed by atoms with Gasteiger partial charge in [-0.3, -0.25) is 9.59 Å². The van der Waals surface area contributed by atoms with Crippen LogP contribution in [-0.2, 0) is 38.1 Å². The Morgan fingerprint density at radius 1 is 1.09 bits per heavy atom. The van der Waals surface area contributed by atoms with Crippen LogP contribution in [0.2, 0.25) is 0 Å². The zero-order chi connectivity index (χ0) is 42.0. The summed E-state index contributed by atoms with van der Waals surface area (Å²) < 4.78 is 48.4. The number of carbonyl (C=O) groups is 3. The maximum absolute atomic E-state index is 16.9. The van der Waals surface area contributed by atoms with Gasteiger partial charge in [0.2, 0.25) is 0 Å². The van der Waals surface area contributed by atoms with Crippen LogP contribution >= 0.6 is 11.3 Å². The zero-order valence-electron chi connectivity index (χ0n) is 34.7. The number of aliphatic hydroxyl groups is 1. The highest BCUT2D eigenvalue weighted by Crippen LogP contribution is 2.47. The SMILES string of the molecule is C=C1CO[C@]2(C)[C@@H](CC)OC(=O)C(C)(F)C(=O)[C@H](C)[C@@H](O[C@@H]3O[C@H](C)C[C@H](N(C)C)[C@H]3O)[C@](C)(OCC#Cc3ccc(-c4ncccn4)s3)CC(C)C(=O)C(C)[C@H]12. The van der Waals surface area contributed by atoms with Crippen LogP contribution in [0.15, 0.2) is 42.7 Å².